The summed E-state index contributed by atoms with van der Waals surface area (Å²) >= 11 is 3.63. The Bertz CT molecular complexity index is 486. The smallest absolute Gasteiger partial charge is 0.240 e. The molecule has 2 aliphatic rings. The van der Waals surface area contributed by atoms with Gasteiger partial charge in [-0.2, -0.15) is 0 Å². The molecule has 0 saturated carbocycles. The lowest BCUT2D eigenvalue weighted by molar-refractivity contribution is -0.132. The van der Waals surface area contributed by atoms with Gasteiger partial charge in [-0.3, -0.25) is 4.79 Å². The van der Waals surface area contributed by atoms with Crippen LogP contribution < -0.4 is 0 Å². The number of hydrogen-bond acceptors (Lipinski definition) is 4. The Kier molecular flexibility index (Phi) is 4.38. The first-order valence-electron chi connectivity index (χ1n) is 7.30. The molecule has 1 aromatic rings. The number of likely N-dealkylation sites (N-methyl/N-ethyl adjacent to an activating group) is 1. The molecule has 110 valence electrons. The van der Waals surface area contributed by atoms with Crippen LogP contribution in [0, 0.1) is 0 Å². The van der Waals surface area contributed by atoms with Crippen molar-refractivity contribution in [2.45, 2.75) is 30.6 Å². The van der Waals surface area contributed by atoms with Gasteiger partial charge in [0.25, 0.3) is 0 Å². The van der Waals surface area contributed by atoms with E-state index < -0.39 is 0 Å². The van der Waals surface area contributed by atoms with Crippen LogP contribution in [-0.4, -0.2) is 54.7 Å². The van der Waals surface area contributed by atoms with Gasteiger partial charge in [0.2, 0.25) is 5.91 Å². The first-order chi connectivity index (χ1) is 9.66. The number of thiophene rings is 1. The number of hydrogen-bond donors (Lipinski definition) is 0. The summed E-state index contributed by atoms with van der Waals surface area (Å²) in [6.07, 6.45) is 3.46. The zero-order chi connectivity index (χ0) is 14.1. The molecular weight excluding hydrogens is 288 g/mol. The summed E-state index contributed by atoms with van der Waals surface area (Å²) in [7, 11) is 4.23. The minimum Gasteiger partial charge on any atom is -0.340 e. The molecule has 1 aromatic heterocycles. The lowest BCUT2D eigenvalue weighted by atomic mass is 10.0. The van der Waals surface area contributed by atoms with Gasteiger partial charge >= 0.3 is 0 Å². The molecule has 3 nitrogen and oxygen atoms in total. The molecule has 0 aliphatic carbocycles. The fourth-order valence-corrected chi connectivity index (χ4v) is 5.47. The highest BCUT2D eigenvalue weighted by molar-refractivity contribution is 8.00. The number of piperidine rings is 1. The molecule has 3 heterocycles. The van der Waals surface area contributed by atoms with Crippen LogP contribution in [0.5, 0.6) is 0 Å². The molecule has 1 saturated heterocycles. The van der Waals surface area contributed by atoms with Gasteiger partial charge in [-0.25, -0.2) is 0 Å². The van der Waals surface area contributed by atoms with E-state index in [9.17, 15) is 4.79 Å². The number of carbonyl (C=O) groups is 1. The monoisotopic (exact) mass is 310 g/mol. The number of thioether (sulfide) groups is 1. The SMILES string of the molecule is CN(C)C1CCCN(C(=O)C2SCCc3sccc32)C1. The van der Waals surface area contributed by atoms with Crippen molar-refractivity contribution in [2.75, 3.05) is 32.9 Å². The van der Waals surface area contributed by atoms with Crippen molar-refractivity contribution in [1.29, 1.82) is 0 Å². The van der Waals surface area contributed by atoms with Crippen LogP contribution in [0.4, 0.5) is 0 Å². The normalized spacial score (nSPS) is 26.6. The molecule has 2 unspecified atom stereocenters. The number of carbonyl (C=O) groups excluding carboxylic acids is 1. The van der Waals surface area contributed by atoms with Crippen LogP contribution in [0.1, 0.15) is 28.5 Å². The second-order valence-corrected chi connectivity index (χ2v) is 8.06. The predicted octanol–water partition coefficient (Wildman–Crippen LogP) is 2.63. The number of amides is 1. The number of likely N-dealkylation sites (tertiary alicyclic amines) is 1. The largest absolute Gasteiger partial charge is 0.340 e. The third-order valence-corrected chi connectivity index (χ3v) is 6.56. The van der Waals surface area contributed by atoms with E-state index in [0.717, 1.165) is 31.7 Å². The van der Waals surface area contributed by atoms with Crippen LogP contribution in [0.15, 0.2) is 11.4 Å². The first-order valence-corrected chi connectivity index (χ1v) is 9.22. The van der Waals surface area contributed by atoms with Crippen molar-refractivity contribution >= 4 is 29.0 Å². The molecule has 1 fully saturated rings. The van der Waals surface area contributed by atoms with Crippen LogP contribution in [0.25, 0.3) is 0 Å². The van der Waals surface area contributed by atoms with Gasteiger partial charge in [-0.15, -0.1) is 23.1 Å². The summed E-state index contributed by atoms with van der Waals surface area (Å²) in [6, 6.07) is 2.67. The second-order valence-electron chi connectivity index (χ2n) is 5.84. The van der Waals surface area contributed by atoms with E-state index in [1.807, 2.05) is 11.8 Å². The highest BCUT2D eigenvalue weighted by Gasteiger charge is 2.33. The van der Waals surface area contributed by atoms with Crippen molar-refractivity contribution in [2.24, 2.45) is 0 Å². The third-order valence-electron chi connectivity index (χ3n) is 4.34. The molecule has 2 aliphatic heterocycles. The van der Waals surface area contributed by atoms with Gasteiger partial charge < -0.3 is 9.80 Å². The van der Waals surface area contributed by atoms with Crippen LogP contribution in [0.3, 0.4) is 0 Å². The summed E-state index contributed by atoms with van der Waals surface area (Å²) in [6.45, 7) is 1.82. The molecule has 5 heteroatoms. The topological polar surface area (TPSA) is 23.6 Å². The maximum atomic E-state index is 12.9. The van der Waals surface area contributed by atoms with Crippen molar-refractivity contribution < 1.29 is 4.79 Å². The summed E-state index contributed by atoms with van der Waals surface area (Å²) in [4.78, 5) is 18.6. The Hall–Kier alpha value is -0.520. The van der Waals surface area contributed by atoms with Crippen LogP contribution in [-0.2, 0) is 11.2 Å². The fourth-order valence-electron chi connectivity index (χ4n) is 3.09. The van der Waals surface area contributed by atoms with Crippen molar-refractivity contribution in [3.05, 3.63) is 21.9 Å². The van der Waals surface area contributed by atoms with Crippen LogP contribution in [0.2, 0.25) is 0 Å². The minimum atomic E-state index is 0.0471. The van der Waals surface area contributed by atoms with Crippen LogP contribution >= 0.6 is 23.1 Å². The van der Waals surface area contributed by atoms with E-state index in [1.54, 1.807) is 11.3 Å². The average Bonchev–Trinajstić information content (AvgIpc) is 2.95. The van der Waals surface area contributed by atoms with E-state index in [2.05, 4.69) is 35.3 Å². The van der Waals surface area contributed by atoms with E-state index in [4.69, 9.17) is 0 Å². The van der Waals surface area contributed by atoms with Gasteiger partial charge in [0.1, 0.15) is 5.25 Å². The summed E-state index contributed by atoms with van der Waals surface area (Å²) in [5.74, 6) is 1.41. The van der Waals surface area contributed by atoms with Gasteiger partial charge in [0, 0.05) is 24.0 Å². The lowest BCUT2D eigenvalue weighted by Gasteiger charge is -2.38. The molecular formula is C15H22N2OS2. The second kappa shape index (κ2) is 6.08. The molecule has 0 spiro atoms. The molecule has 0 N–H and O–H groups in total. The first kappa shape index (κ1) is 14.4. The predicted molar refractivity (Wildman–Crippen MR) is 86.5 cm³/mol. The number of fused-ring (bicyclic) bond motifs is 1. The Balaban J connectivity index is 1.74. The molecule has 20 heavy (non-hydrogen) atoms. The molecule has 0 radical (unpaired) electrons. The number of nitrogens with zero attached hydrogens (tertiary/aromatic N) is 2. The van der Waals surface area contributed by atoms with Gasteiger partial charge in [-0.1, -0.05) is 0 Å². The van der Waals surface area contributed by atoms with E-state index in [0.29, 0.717) is 11.9 Å². The van der Waals surface area contributed by atoms with Gasteiger partial charge in [0.05, 0.1) is 0 Å². The molecule has 3 rings (SSSR count). The maximum absolute atomic E-state index is 12.9. The standard InChI is InChI=1S/C15H22N2OS2/c1-16(2)11-4-3-7-17(10-11)15(18)14-12-5-8-19-13(12)6-9-20-14/h5,8,11,14H,3-4,6-7,9-10H2,1-2H3. The summed E-state index contributed by atoms with van der Waals surface area (Å²) in [5, 5.41) is 2.18. The van der Waals surface area contributed by atoms with Gasteiger partial charge in [-0.05, 0) is 56.1 Å². The van der Waals surface area contributed by atoms with E-state index >= 15 is 0 Å². The highest BCUT2D eigenvalue weighted by Crippen LogP contribution is 2.40. The summed E-state index contributed by atoms with van der Waals surface area (Å²) in [5.41, 5.74) is 1.28. The molecule has 0 bridgehead atoms. The average molecular weight is 310 g/mol. The van der Waals surface area contributed by atoms with Crippen molar-refractivity contribution in [3.63, 3.8) is 0 Å². The van der Waals surface area contributed by atoms with Crippen molar-refractivity contribution in [1.82, 2.24) is 9.80 Å². The Morgan fingerprint density at radius 1 is 1.45 bits per heavy atom. The van der Waals surface area contributed by atoms with E-state index in [-0.39, 0.29) is 5.25 Å². The Labute approximate surface area is 129 Å². The molecule has 1 amide bonds. The summed E-state index contributed by atoms with van der Waals surface area (Å²) < 4.78 is 0. The Morgan fingerprint density at radius 3 is 3.10 bits per heavy atom. The van der Waals surface area contributed by atoms with E-state index in [1.165, 1.54) is 16.9 Å². The number of rotatable bonds is 2. The molecule has 2 atom stereocenters. The third kappa shape index (κ3) is 2.76. The zero-order valence-corrected chi connectivity index (χ0v) is 13.8. The number of aryl methyl sites for hydroxylation is 1. The highest BCUT2D eigenvalue weighted by atomic mass is 32.2. The maximum Gasteiger partial charge on any atom is 0.240 e. The zero-order valence-electron chi connectivity index (χ0n) is 12.2. The lowest BCUT2D eigenvalue weighted by Crippen LogP contribution is -2.48. The minimum absolute atomic E-state index is 0.0471. The fraction of sp³-hybridized carbons (Fsp3) is 0.667. The van der Waals surface area contributed by atoms with Gasteiger partial charge in [0.15, 0.2) is 0 Å². The van der Waals surface area contributed by atoms with Crippen molar-refractivity contribution in [3.8, 4) is 0 Å². The molecule has 0 aromatic carbocycles. The quantitative estimate of drug-likeness (QED) is 0.839. The Morgan fingerprint density at radius 2 is 2.30 bits per heavy atom.